The summed E-state index contributed by atoms with van der Waals surface area (Å²) in [4.78, 5) is 31.4. The first-order chi connectivity index (χ1) is 9.22. The van der Waals surface area contributed by atoms with Gasteiger partial charge in [0.25, 0.3) is 11.5 Å². The molecule has 1 saturated heterocycles. The minimum absolute atomic E-state index is 0.157. The molecule has 0 unspecified atom stereocenters. The second-order valence-corrected chi connectivity index (χ2v) is 4.54. The number of benzene rings is 1. The summed E-state index contributed by atoms with van der Waals surface area (Å²) < 4.78 is 1.07. The fourth-order valence-corrected chi connectivity index (χ4v) is 2.25. The van der Waals surface area contributed by atoms with E-state index in [1.165, 1.54) is 7.11 Å². The lowest BCUT2D eigenvalue weighted by molar-refractivity contribution is 0.0589. The van der Waals surface area contributed by atoms with E-state index in [9.17, 15) is 9.59 Å². The van der Waals surface area contributed by atoms with Gasteiger partial charge in [0, 0.05) is 13.1 Å². The Hall–Kier alpha value is -2.30. The van der Waals surface area contributed by atoms with Crippen molar-refractivity contribution >= 4 is 16.7 Å². The van der Waals surface area contributed by atoms with Gasteiger partial charge in [-0.3, -0.25) is 9.59 Å². The molecule has 5 heteroatoms. The zero-order chi connectivity index (χ0) is 13.4. The van der Waals surface area contributed by atoms with Crippen LogP contribution in [0.1, 0.15) is 16.9 Å². The molecule has 1 aromatic heterocycles. The summed E-state index contributed by atoms with van der Waals surface area (Å²) in [5.74, 6) is -0.157. The smallest absolute Gasteiger partial charge is 0.291 e. The summed E-state index contributed by atoms with van der Waals surface area (Å²) >= 11 is 0. The van der Waals surface area contributed by atoms with Gasteiger partial charge < -0.3 is 9.74 Å². The Morgan fingerprint density at radius 3 is 2.63 bits per heavy atom. The molecule has 2 heterocycles. The molecule has 5 nitrogen and oxygen atoms in total. The Balaban J connectivity index is 2.22. The average molecular weight is 258 g/mol. The fourth-order valence-electron chi connectivity index (χ4n) is 2.25. The monoisotopic (exact) mass is 258 g/mol. The molecule has 1 fully saturated rings. The number of rotatable bonds is 2. The van der Waals surface area contributed by atoms with Gasteiger partial charge in [-0.25, -0.2) is 0 Å². The first kappa shape index (κ1) is 11.8. The van der Waals surface area contributed by atoms with Gasteiger partial charge in [-0.2, -0.15) is 0 Å². The van der Waals surface area contributed by atoms with Crippen molar-refractivity contribution in [2.24, 2.45) is 0 Å². The fraction of sp³-hybridized carbons (Fsp3) is 0.286. The number of fused-ring (bicyclic) bond motifs is 1. The van der Waals surface area contributed by atoms with Crippen LogP contribution < -0.4 is 10.4 Å². The van der Waals surface area contributed by atoms with Gasteiger partial charge in [-0.15, -0.1) is 4.73 Å². The van der Waals surface area contributed by atoms with Crippen LogP contribution in [-0.4, -0.2) is 35.7 Å². The van der Waals surface area contributed by atoms with E-state index in [4.69, 9.17) is 4.84 Å². The molecule has 0 bridgehead atoms. The van der Waals surface area contributed by atoms with Gasteiger partial charge in [-0.1, -0.05) is 18.2 Å². The molecule has 3 rings (SSSR count). The van der Waals surface area contributed by atoms with Crippen LogP contribution in [0.5, 0.6) is 0 Å². The molecule has 0 radical (unpaired) electrons. The lowest BCUT2D eigenvalue weighted by Crippen LogP contribution is -2.44. The van der Waals surface area contributed by atoms with E-state index < -0.39 is 0 Å². The van der Waals surface area contributed by atoms with Crippen LogP contribution >= 0.6 is 0 Å². The predicted octanol–water partition coefficient (Wildman–Crippen LogP) is 0.906. The third-order valence-corrected chi connectivity index (χ3v) is 3.43. The number of nitrogens with zero attached hydrogens (tertiary/aromatic N) is 2. The van der Waals surface area contributed by atoms with Gasteiger partial charge >= 0.3 is 0 Å². The number of carbonyl (C=O) groups is 1. The number of hydrogen-bond acceptors (Lipinski definition) is 3. The Morgan fingerprint density at radius 1 is 1.26 bits per heavy atom. The van der Waals surface area contributed by atoms with E-state index in [0.717, 1.165) is 29.6 Å². The molecular formula is C14H14N2O3. The van der Waals surface area contributed by atoms with E-state index in [1.54, 1.807) is 23.1 Å². The zero-order valence-electron chi connectivity index (χ0n) is 10.6. The Kier molecular flexibility index (Phi) is 2.74. The second kappa shape index (κ2) is 4.42. The zero-order valence-corrected chi connectivity index (χ0v) is 10.6. The molecule has 19 heavy (non-hydrogen) atoms. The third kappa shape index (κ3) is 1.78. The van der Waals surface area contributed by atoms with Crippen LogP contribution in [0.3, 0.4) is 0 Å². The molecule has 0 aliphatic carbocycles. The average Bonchev–Trinajstić information content (AvgIpc) is 2.36. The maximum absolute atomic E-state index is 12.3. The molecule has 1 aromatic carbocycles. The minimum Gasteiger partial charge on any atom is -0.413 e. The van der Waals surface area contributed by atoms with Crippen LogP contribution in [0.2, 0.25) is 0 Å². The molecule has 0 spiro atoms. The summed E-state index contributed by atoms with van der Waals surface area (Å²) in [5, 5.41) is 1.30. The maximum Gasteiger partial charge on any atom is 0.291 e. The maximum atomic E-state index is 12.3. The van der Waals surface area contributed by atoms with Crippen molar-refractivity contribution in [3.63, 3.8) is 0 Å². The van der Waals surface area contributed by atoms with Crippen LogP contribution in [0.25, 0.3) is 10.8 Å². The van der Waals surface area contributed by atoms with Crippen LogP contribution in [0.15, 0.2) is 35.1 Å². The highest BCUT2D eigenvalue weighted by atomic mass is 16.7. The van der Waals surface area contributed by atoms with Crippen molar-refractivity contribution in [3.8, 4) is 0 Å². The van der Waals surface area contributed by atoms with Crippen molar-refractivity contribution in [1.29, 1.82) is 0 Å². The summed E-state index contributed by atoms with van der Waals surface area (Å²) in [7, 11) is 1.39. The number of aromatic nitrogens is 1. The lowest BCUT2D eigenvalue weighted by Gasteiger charge is -2.31. The first-order valence-electron chi connectivity index (χ1n) is 6.21. The minimum atomic E-state index is -0.301. The molecule has 2 aromatic rings. The van der Waals surface area contributed by atoms with Gasteiger partial charge in [-0.05, 0) is 23.9 Å². The number of carbonyl (C=O) groups excluding carboxylic acids is 1. The standard InChI is InChI=1S/C14H14N2O3/c1-19-16-12(14(18)15-7-4-8-15)9-10-5-2-3-6-11(10)13(16)17/h2-3,5-6,9H,4,7-8H2,1H3. The molecule has 98 valence electrons. The van der Waals surface area contributed by atoms with Crippen molar-refractivity contribution in [3.05, 3.63) is 46.4 Å². The molecular weight excluding hydrogens is 244 g/mol. The number of likely N-dealkylation sites (tertiary alicyclic amines) is 1. The summed E-state index contributed by atoms with van der Waals surface area (Å²) in [6.07, 6.45) is 1.01. The van der Waals surface area contributed by atoms with E-state index in [0.29, 0.717) is 5.39 Å². The van der Waals surface area contributed by atoms with Crippen molar-refractivity contribution in [2.75, 3.05) is 20.2 Å². The van der Waals surface area contributed by atoms with E-state index in [1.807, 2.05) is 12.1 Å². The van der Waals surface area contributed by atoms with E-state index >= 15 is 0 Å². The van der Waals surface area contributed by atoms with Crippen LogP contribution in [0, 0.1) is 0 Å². The highest BCUT2D eigenvalue weighted by Gasteiger charge is 2.25. The van der Waals surface area contributed by atoms with Gasteiger partial charge in [0.05, 0.1) is 5.39 Å². The molecule has 0 N–H and O–H groups in total. The number of hydrogen-bond donors (Lipinski definition) is 0. The quantitative estimate of drug-likeness (QED) is 0.804. The Labute approximate surface area is 110 Å². The molecule has 1 aliphatic rings. The summed E-state index contributed by atoms with van der Waals surface area (Å²) in [5.41, 5.74) is -0.0182. The third-order valence-electron chi connectivity index (χ3n) is 3.43. The normalized spacial score (nSPS) is 14.3. The van der Waals surface area contributed by atoms with Crippen LogP contribution in [0.4, 0.5) is 0 Å². The molecule has 0 saturated carbocycles. The molecule has 0 atom stereocenters. The number of pyridine rings is 1. The van der Waals surface area contributed by atoms with Crippen molar-refractivity contribution in [2.45, 2.75) is 6.42 Å². The van der Waals surface area contributed by atoms with E-state index in [2.05, 4.69) is 0 Å². The van der Waals surface area contributed by atoms with Crippen LogP contribution in [-0.2, 0) is 0 Å². The molecule has 1 amide bonds. The first-order valence-corrected chi connectivity index (χ1v) is 6.21. The van der Waals surface area contributed by atoms with Gasteiger partial charge in [0.1, 0.15) is 12.8 Å². The number of amides is 1. The largest absolute Gasteiger partial charge is 0.413 e. The second-order valence-electron chi connectivity index (χ2n) is 4.54. The lowest BCUT2D eigenvalue weighted by atomic mass is 10.1. The van der Waals surface area contributed by atoms with Gasteiger partial charge in [0.15, 0.2) is 0 Å². The summed E-state index contributed by atoms with van der Waals surface area (Å²) in [6.45, 7) is 1.48. The highest BCUT2D eigenvalue weighted by molar-refractivity contribution is 5.96. The highest BCUT2D eigenvalue weighted by Crippen LogP contribution is 2.16. The van der Waals surface area contributed by atoms with Crippen molar-refractivity contribution in [1.82, 2.24) is 9.63 Å². The van der Waals surface area contributed by atoms with Crippen molar-refractivity contribution < 1.29 is 9.63 Å². The van der Waals surface area contributed by atoms with Gasteiger partial charge in [0.2, 0.25) is 0 Å². The molecule has 1 aliphatic heterocycles. The Morgan fingerprint density at radius 2 is 2.00 bits per heavy atom. The predicted molar refractivity (Wildman–Crippen MR) is 71.2 cm³/mol. The Bertz CT molecular complexity index is 701. The topological polar surface area (TPSA) is 51.5 Å². The van der Waals surface area contributed by atoms with E-state index in [-0.39, 0.29) is 17.2 Å². The SMILES string of the molecule is COn1c(C(=O)N2CCC2)cc2ccccc2c1=O. The summed E-state index contributed by atoms with van der Waals surface area (Å²) in [6, 6.07) is 8.90.